The minimum atomic E-state index is -0.309. The zero-order valence-corrected chi connectivity index (χ0v) is 19.5. The van der Waals surface area contributed by atoms with Gasteiger partial charge in [-0.25, -0.2) is 9.67 Å². The van der Waals surface area contributed by atoms with Gasteiger partial charge >= 0.3 is 0 Å². The number of amides is 2. The molecule has 3 aromatic heterocycles. The highest BCUT2D eigenvalue weighted by atomic mass is 79.9. The van der Waals surface area contributed by atoms with E-state index < -0.39 is 0 Å². The molecule has 0 unspecified atom stereocenters. The standard InChI is InChI=1S/C23H22BrN5O3/c1-14(2)29-22-16(12-25-29)15(11-19(27-22)20-9-6-10-32-20)23(31)28(3)13-21(30)26-18-8-5-4-7-17(18)24/h4-12,14H,13H2,1-3H3,(H,26,30). The lowest BCUT2D eigenvalue weighted by Gasteiger charge is -2.18. The molecule has 0 atom stereocenters. The van der Waals surface area contributed by atoms with E-state index in [-0.39, 0.29) is 24.4 Å². The first-order chi connectivity index (χ1) is 15.3. The van der Waals surface area contributed by atoms with Crippen molar-refractivity contribution >= 4 is 44.5 Å². The van der Waals surface area contributed by atoms with Crippen LogP contribution in [0.15, 0.2) is 63.8 Å². The topological polar surface area (TPSA) is 93.3 Å². The Labute approximate surface area is 193 Å². The van der Waals surface area contributed by atoms with Crippen molar-refractivity contribution in [3.63, 3.8) is 0 Å². The molecule has 0 saturated carbocycles. The van der Waals surface area contributed by atoms with Gasteiger partial charge in [-0.2, -0.15) is 5.10 Å². The maximum atomic E-state index is 13.4. The van der Waals surface area contributed by atoms with E-state index in [2.05, 4.69) is 31.3 Å². The van der Waals surface area contributed by atoms with Crippen molar-refractivity contribution in [3.8, 4) is 11.5 Å². The Morgan fingerprint density at radius 3 is 2.69 bits per heavy atom. The third-order valence-electron chi connectivity index (χ3n) is 4.94. The Kier molecular flexibility index (Phi) is 6.09. The Bertz CT molecular complexity index is 1280. The van der Waals surface area contributed by atoms with Crippen LogP contribution in [0.3, 0.4) is 0 Å². The summed E-state index contributed by atoms with van der Waals surface area (Å²) in [6.45, 7) is 3.87. The molecule has 2 amide bonds. The van der Waals surface area contributed by atoms with E-state index >= 15 is 0 Å². The van der Waals surface area contributed by atoms with Gasteiger partial charge in [0.1, 0.15) is 5.69 Å². The number of para-hydroxylation sites is 1. The van der Waals surface area contributed by atoms with Crippen LogP contribution in [0.4, 0.5) is 5.69 Å². The lowest BCUT2D eigenvalue weighted by atomic mass is 10.1. The predicted molar refractivity (Wildman–Crippen MR) is 125 cm³/mol. The van der Waals surface area contributed by atoms with Gasteiger partial charge in [-0.05, 0) is 60.1 Å². The summed E-state index contributed by atoms with van der Waals surface area (Å²) in [4.78, 5) is 32.0. The zero-order valence-electron chi connectivity index (χ0n) is 17.9. The molecule has 0 aliphatic rings. The minimum absolute atomic E-state index is 0.0580. The van der Waals surface area contributed by atoms with E-state index in [1.54, 1.807) is 48.5 Å². The highest BCUT2D eigenvalue weighted by Crippen LogP contribution is 2.27. The molecule has 4 rings (SSSR count). The second kappa shape index (κ2) is 8.96. The van der Waals surface area contributed by atoms with Crippen LogP contribution in [-0.4, -0.2) is 45.1 Å². The van der Waals surface area contributed by atoms with E-state index in [4.69, 9.17) is 4.42 Å². The first-order valence-corrected chi connectivity index (χ1v) is 10.9. The number of halogens is 1. The number of fused-ring (bicyclic) bond motifs is 1. The second-order valence-corrected chi connectivity index (χ2v) is 8.50. The van der Waals surface area contributed by atoms with Crippen LogP contribution >= 0.6 is 15.9 Å². The summed E-state index contributed by atoms with van der Waals surface area (Å²) >= 11 is 3.40. The number of benzene rings is 1. The summed E-state index contributed by atoms with van der Waals surface area (Å²) in [6.07, 6.45) is 3.19. The number of nitrogens with one attached hydrogen (secondary N) is 1. The maximum Gasteiger partial charge on any atom is 0.254 e. The molecule has 164 valence electrons. The molecule has 0 saturated heterocycles. The van der Waals surface area contributed by atoms with E-state index in [1.165, 1.54) is 4.90 Å². The number of pyridine rings is 1. The van der Waals surface area contributed by atoms with Gasteiger partial charge in [0.2, 0.25) is 5.91 Å². The summed E-state index contributed by atoms with van der Waals surface area (Å²) in [5, 5.41) is 7.85. The van der Waals surface area contributed by atoms with Crippen LogP contribution in [0, 0.1) is 0 Å². The number of furan rings is 1. The largest absolute Gasteiger partial charge is 0.463 e. The van der Waals surface area contributed by atoms with E-state index in [1.807, 2.05) is 32.0 Å². The van der Waals surface area contributed by atoms with Crippen molar-refractivity contribution in [2.45, 2.75) is 19.9 Å². The Morgan fingerprint density at radius 1 is 1.22 bits per heavy atom. The highest BCUT2D eigenvalue weighted by Gasteiger charge is 2.23. The van der Waals surface area contributed by atoms with Gasteiger partial charge in [-0.1, -0.05) is 12.1 Å². The number of carbonyl (C=O) groups is 2. The Hall–Kier alpha value is -3.46. The molecule has 0 bridgehead atoms. The molecule has 0 aliphatic heterocycles. The van der Waals surface area contributed by atoms with Gasteiger partial charge in [0.15, 0.2) is 11.4 Å². The number of rotatable bonds is 6. The maximum absolute atomic E-state index is 13.4. The average Bonchev–Trinajstić information content (AvgIpc) is 3.44. The number of anilines is 1. The van der Waals surface area contributed by atoms with E-state index in [9.17, 15) is 9.59 Å². The van der Waals surface area contributed by atoms with Crippen LogP contribution in [-0.2, 0) is 4.79 Å². The summed E-state index contributed by atoms with van der Waals surface area (Å²) in [5.41, 5.74) is 2.16. The van der Waals surface area contributed by atoms with Gasteiger partial charge in [0.05, 0.1) is 35.6 Å². The van der Waals surface area contributed by atoms with Crippen molar-refractivity contribution < 1.29 is 14.0 Å². The fraction of sp³-hybridized carbons (Fsp3) is 0.217. The number of aromatic nitrogens is 3. The molecule has 0 aliphatic carbocycles. The number of hydrogen-bond donors (Lipinski definition) is 1. The minimum Gasteiger partial charge on any atom is -0.463 e. The average molecular weight is 496 g/mol. The third-order valence-corrected chi connectivity index (χ3v) is 5.63. The molecule has 8 nitrogen and oxygen atoms in total. The molecule has 0 radical (unpaired) electrons. The summed E-state index contributed by atoms with van der Waals surface area (Å²) in [5.74, 6) is -0.0650. The third kappa shape index (κ3) is 4.29. The lowest BCUT2D eigenvalue weighted by Crippen LogP contribution is -2.35. The first-order valence-electron chi connectivity index (χ1n) is 10.1. The lowest BCUT2D eigenvalue weighted by molar-refractivity contribution is -0.116. The van der Waals surface area contributed by atoms with Crippen LogP contribution in [0.5, 0.6) is 0 Å². The first kappa shape index (κ1) is 21.8. The molecule has 0 fully saturated rings. The predicted octanol–water partition coefficient (Wildman–Crippen LogP) is 4.75. The fourth-order valence-electron chi connectivity index (χ4n) is 3.37. The van der Waals surface area contributed by atoms with Gasteiger partial charge < -0.3 is 14.6 Å². The molecule has 3 heterocycles. The van der Waals surface area contributed by atoms with Gasteiger partial charge in [0, 0.05) is 17.6 Å². The number of hydrogen-bond acceptors (Lipinski definition) is 5. The highest BCUT2D eigenvalue weighted by molar-refractivity contribution is 9.10. The smallest absolute Gasteiger partial charge is 0.254 e. The summed E-state index contributed by atoms with van der Waals surface area (Å²) < 4.78 is 8.03. The fourth-order valence-corrected chi connectivity index (χ4v) is 3.75. The normalized spacial score (nSPS) is 11.2. The molecular weight excluding hydrogens is 474 g/mol. The second-order valence-electron chi connectivity index (χ2n) is 7.64. The quantitative estimate of drug-likeness (QED) is 0.416. The molecule has 4 aromatic rings. The van der Waals surface area contributed by atoms with Gasteiger partial charge in [-0.3, -0.25) is 9.59 Å². The molecule has 0 spiro atoms. The SMILES string of the molecule is CC(C)n1ncc2c(C(=O)N(C)CC(=O)Nc3ccccc3Br)cc(-c3ccco3)nc21. The van der Waals surface area contributed by atoms with Crippen molar-refractivity contribution in [1.29, 1.82) is 0 Å². The van der Waals surface area contributed by atoms with Gasteiger partial charge in [-0.15, -0.1) is 0 Å². The molecule has 9 heteroatoms. The van der Waals surface area contributed by atoms with Crippen molar-refractivity contribution in [3.05, 3.63) is 65.0 Å². The summed E-state index contributed by atoms with van der Waals surface area (Å²) in [6, 6.07) is 12.6. The monoisotopic (exact) mass is 495 g/mol. The van der Waals surface area contributed by atoms with Crippen molar-refractivity contribution in [2.75, 3.05) is 18.9 Å². The Morgan fingerprint density at radius 2 is 2.00 bits per heavy atom. The Balaban J connectivity index is 1.65. The molecule has 1 N–H and O–H groups in total. The van der Waals surface area contributed by atoms with E-state index in [0.29, 0.717) is 33.7 Å². The van der Waals surface area contributed by atoms with Crippen LogP contribution in [0.2, 0.25) is 0 Å². The van der Waals surface area contributed by atoms with E-state index in [0.717, 1.165) is 4.47 Å². The number of likely N-dealkylation sites (N-methyl/N-ethyl adjacent to an activating group) is 1. The van der Waals surface area contributed by atoms with Crippen LogP contribution < -0.4 is 5.32 Å². The van der Waals surface area contributed by atoms with Crippen molar-refractivity contribution in [2.24, 2.45) is 0 Å². The van der Waals surface area contributed by atoms with Gasteiger partial charge in [0.25, 0.3) is 5.91 Å². The van der Waals surface area contributed by atoms with Crippen LogP contribution in [0.1, 0.15) is 30.2 Å². The molecule has 1 aromatic carbocycles. The number of nitrogens with zero attached hydrogens (tertiary/aromatic N) is 4. The number of carbonyl (C=O) groups excluding carboxylic acids is 2. The van der Waals surface area contributed by atoms with Crippen molar-refractivity contribution in [1.82, 2.24) is 19.7 Å². The molecule has 32 heavy (non-hydrogen) atoms. The molecular formula is C23H22BrN5O3. The summed E-state index contributed by atoms with van der Waals surface area (Å²) in [7, 11) is 1.59. The van der Waals surface area contributed by atoms with Crippen LogP contribution in [0.25, 0.3) is 22.5 Å². The zero-order chi connectivity index (χ0) is 22.8.